The van der Waals surface area contributed by atoms with Gasteiger partial charge in [0.15, 0.2) is 11.3 Å². The van der Waals surface area contributed by atoms with Gasteiger partial charge in [0, 0.05) is 43.3 Å². The number of fused-ring (bicyclic) bond motifs is 1. The molecule has 1 amide bonds. The minimum absolute atomic E-state index is 0.101. The van der Waals surface area contributed by atoms with Gasteiger partial charge in [0.2, 0.25) is 15.9 Å². The number of sulfonamides is 1. The smallest absolute Gasteiger partial charge is 0.241 e. The zero-order valence-electron chi connectivity index (χ0n) is 16.7. The van der Waals surface area contributed by atoms with Crippen LogP contribution < -0.4 is 14.8 Å². The van der Waals surface area contributed by atoms with Crippen LogP contribution in [0.3, 0.4) is 0 Å². The number of allylic oxidation sites excluding steroid dienone is 3. The Morgan fingerprint density at radius 1 is 1.30 bits per heavy atom. The minimum atomic E-state index is -3.76. The Kier molecular flexibility index (Phi) is 7.19. The van der Waals surface area contributed by atoms with Gasteiger partial charge < -0.3 is 19.2 Å². The predicted molar refractivity (Wildman–Crippen MR) is 114 cm³/mol. The van der Waals surface area contributed by atoms with Crippen molar-refractivity contribution in [1.29, 1.82) is 0 Å². The number of alkyl halides is 1. The zero-order chi connectivity index (χ0) is 21.7. The summed E-state index contributed by atoms with van der Waals surface area (Å²) in [5, 5.41) is 3.12. The zero-order valence-corrected chi connectivity index (χ0v) is 18.2. The molecular weight excluding hydrogens is 432 g/mol. The van der Waals surface area contributed by atoms with Crippen LogP contribution in [0.2, 0.25) is 0 Å². The van der Waals surface area contributed by atoms with E-state index >= 15 is 0 Å². The first-order valence-corrected chi connectivity index (χ1v) is 11.3. The van der Waals surface area contributed by atoms with Gasteiger partial charge in [-0.15, -0.1) is 11.6 Å². The number of hydrogen-bond acceptors (Lipinski definition) is 6. The molecule has 0 fully saturated rings. The predicted octanol–water partition coefficient (Wildman–Crippen LogP) is 2.78. The molecule has 0 spiro atoms. The van der Waals surface area contributed by atoms with Gasteiger partial charge >= 0.3 is 0 Å². The Labute approximate surface area is 179 Å². The van der Waals surface area contributed by atoms with E-state index in [9.17, 15) is 13.2 Å². The van der Waals surface area contributed by atoms with Crippen LogP contribution in [0.25, 0.3) is 16.5 Å². The second-order valence-corrected chi connectivity index (χ2v) is 8.58. The number of ether oxygens (including phenoxy) is 2. The molecule has 1 aliphatic carbocycles. The number of carbonyl (C=O) groups is 1. The molecular formula is C20H23ClN2O6S. The highest BCUT2D eigenvalue weighted by Crippen LogP contribution is 2.37. The summed E-state index contributed by atoms with van der Waals surface area (Å²) < 4.78 is 44.5. The number of rotatable bonds is 10. The molecule has 0 saturated heterocycles. The Morgan fingerprint density at radius 2 is 2.10 bits per heavy atom. The van der Waals surface area contributed by atoms with Crippen molar-refractivity contribution < 1.29 is 27.1 Å². The van der Waals surface area contributed by atoms with Crippen molar-refractivity contribution in [3.8, 4) is 5.75 Å². The molecule has 0 bridgehead atoms. The van der Waals surface area contributed by atoms with Crippen molar-refractivity contribution >= 4 is 44.1 Å². The van der Waals surface area contributed by atoms with Gasteiger partial charge in [-0.25, -0.2) is 13.1 Å². The SMILES string of the molecule is COCCCNS(=O)(=O)c1ccc(OC)c2oc(C3=CCC(NC(=O)CCl)=C3)cc12. The molecule has 2 N–H and O–H groups in total. The molecule has 1 aromatic carbocycles. The lowest BCUT2D eigenvalue weighted by Crippen LogP contribution is -2.25. The van der Waals surface area contributed by atoms with E-state index in [2.05, 4.69) is 10.0 Å². The molecule has 1 aliphatic rings. The lowest BCUT2D eigenvalue weighted by atomic mass is 10.2. The van der Waals surface area contributed by atoms with Crippen molar-refractivity contribution in [1.82, 2.24) is 10.0 Å². The quantitative estimate of drug-likeness (QED) is 0.422. The maximum Gasteiger partial charge on any atom is 0.241 e. The van der Waals surface area contributed by atoms with Gasteiger partial charge in [0.05, 0.1) is 12.0 Å². The number of halogens is 1. The number of benzene rings is 1. The third-order valence-corrected chi connectivity index (χ3v) is 6.27. The number of amides is 1. The van der Waals surface area contributed by atoms with E-state index in [0.29, 0.717) is 47.6 Å². The van der Waals surface area contributed by atoms with Crippen LogP contribution in [0.5, 0.6) is 5.75 Å². The van der Waals surface area contributed by atoms with E-state index in [-0.39, 0.29) is 23.2 Å². The van der Waals surface area contributed by atoms with Gasteiger partial charge in [-0.3, -0.25) is 4.79 Å². The normalized spacial score (nSPS) is 14.0. The monoisotopic (exact) mass is 454 g/mol. The third-order valence-electron chi connectivity index (χ3n) is 4.51. The molecule has 2 aromatic rings. The lowest BCUT2D eigenvalue weighted by molar-refractivity contribution is -0.118. The van der Waals surface area contributed by atoms with Gasteiger partial charge in [-0.05, 0) is 30.7 Å². The van der Waals surface area contributed by atoms with Crippen molar-refractivity contribution in [3.05, 3.63) is 41.8 Å². The van der Waals surface area contributed by atoms with E-state index in [1.807, 2.05) is 6.08 Å². The topological polar surface area (TPSA) is 107 Å². The summed E-state index contributed by atoms with van der Waals surface area (Å²) in [6, 6.07) is 4.71. The summed E-state index contributed by atoms with van der Waals surface area (Å²) >= 11 is 5.53. The van der Waals surface area contributed by atoms with Crippen LogP contribution >= 0.6 is 11.6 Å². The Hall–Kier alpha value is -2.33. The standard InChI is InChI=1S/C20H23ClN2O6S/c1-27-9-3-8-22-30(25,26)18-7-6-16(28-2)20-15(18)11-17(29-20)13-4-5-14(10-13)23-19(24)12-21/h4,6-7,10-11,22H,3,5,8-9,12H2,1-2H3,(H,23,24). The number of nitrogens with one attached hydrogen (secondary N) is 2. The van der Waals surface area contributed by atoms with Crippen molar-refractivity contribution in [3.63, 3.8) is 0 Å². The van der Waals surface area contributed by atoms with Gasteiger partial charge in [-0.1, -0.05) is 6.08 Å². The maximum atomic E-state index is 12.8. The van der Waals surface area contributed by atoms with E-state index in [1.165, 1.54) is 13.2 Å². The number of methoxy groups -OCH3 is 2. The highest BCUT2D eigenvalue weighted by molar-refractivity contribution is 7.89. The lowest BCUT2D eigenvalue weighted by Gasteiger charge is -2.09. The largest absolute Gasteiger partial charge is 0.493 e. The number of furan rings is 1. The fraction of sp³-hybridized carbons (Fsp3) is 0.350. The van der Waals surface area contributed by atoms with Crippen molar-refractivity contribution in [2.45, 2.75) is 17.7 Å². The minimum Gasteiger partial charge on any atom is -0.493 e. The van der Waals surface area contributed by atoms with Crippen LogP contribution in [0.4, 0.5) is 0 Å². The van der Waals surface area contributed by atoms with E-state index in [4.69, 9.17) is 25.5 Å². The first kappa shape index (κ1) is 22.4. The summed E-state index contributed by atoms with van der Waals surface area (Å²) in [5.74, 6) is 0.470. The van der Waals surface area contributed by atoms with Gasteiger partial charge in [-0.2, -0.15) is 0 Å². The van der Waals surface area contributed by atoms with Crippen LogP contribution in [0, 0.1) is 0 Å². The van der Waals surface area contributed by atoms with E-state index in [1.54, 1.807) is 25.3 Å². The summed E-state index contributed by atoms with van der Waals surface area (Å²) in [6.45, 7) is 0.714. The van der Waals surface area contributed by atoms with E-state index < -0.39 is 10.0 Å². The Morgan fingerprint density at radius 3 is 2.80 bits per heavy atom. The molecule has 0 unspecified atom stereocenters. The average Bonchev–Trinajstić information content (AvgIpc) is 3.37. The average molecular weight is 455 g/mol. The van der Waals surface area contributed by atoms with Gasteiger partial charge in [0.1, 0.15) is 11.6 Å². The summed E-state index contributed by atoms with van der Waals surface area (Å²) in [7, 11) is -0.709. The molecule has 0 radical (unpaired) electrons. The molecule has 10 heteroatoms. The van der Waals surface area contributed by atoms with E-state index in [0.717, 1.165) is 5.57 Å². The van der Waals surface area contributed by atoms with Crippen LogP contribution in [0.1, 0.15) is 18.6 Å². The Bertz CT molecular complexity index is 1100. The molecule has 0 atom stereocenters. The van der Waals surface area contributed by atoms with Crippen LogP contribution in [-0.4, -0.2) is 47.6 Å². The number of carbonyl (C=O) groups excluding carboxylic acids is 1. The second kappa shape index (κ2) is 9.65. The van der Waals surface area contributed by atoms with Crippen molar-refractivity contribution in [2.75, 3.05) is 33.3 Å². The summed E-state index contributed by atoms with van der Waals surface area (Å²) in [4.78, 5) is 11.6. The summed E-state index contributed by atoms with van der Waals surface area (Å²) in [5.41, 5.74) is 1.75. The first-order chi connectivity index (χ1) is 14.4. The number of hydrogen-bond donors (Lipinski definition) is 2. The third kappa shape index (κ3) is 4.86. The summed E-state index contributed by atoms with van der Waals surface area (Å²) in [6.07, 6.45) is 4.72. The fourth-order valence-electron chi connectivity index (χ4n) is 3.11. The second-order valence-electron chi connectivity index (χ2n) is 6.58. The molecule has 30 heavy (non-hydrogen) atoms. The Balaban J connectivity index is 1.95. The molecule has 0 saturated carbocycles. The molecule has 0 aliphatic heterocycles. The maximum absolute atomic E-state index is 12.8. The molecule has 8 nitrogen and oxygen atoms in total. The molecule has 1 aromatic heterocycles. The van der Waals surface area contributed by atoms with Crippen LogP contribution in [0.15, 0.2) is 45.4 Å². The van der Waals surface area contributed by atoms with Crippen molar-refractivity contribution in [2.24, 2.45) is 0 Å². The molecule has 162 valence electrons. The van der Waals surface area contributed by atoms with Gasteiger partial charge in [0.25, 0.3) is 0 Å². The molecule has 3 rings (SSSR count). The van der Waals surface area contributed by atoms with Crippen LogP contribution in [-0.2, 0) is 19.6 Å². The highest BCUT2D eigenvalue weighted by Gasteiger charge is 2.23. The first-order valence-electron chi connectivity index (χ1n) is 9.25. The molecule has 1 heterocycles. The fourth-order valence-corrected chi connectivity index (χ4v) is 4.43. The highest BCUT2D eigenvalue weighted by atomic mass is 35.5.